The minimum atomic E-state index is -0.557. The Morgan fingerprint density at radius 2 is 1.72 bits per heavy atom. The van der Waals surface area contributed by atoms with E-state index in [0.717, 1.165) is 11.1 Å². The van der Waals surface area contributed by atoms with Gasteiger partial charge in [0.2, 0.25) is 11.8 Å². The maximum Gasteiger partial charge on any atom is 0.242 e. The maximum atomic E-state index is 13.1. The smallest absolute Gasteiger partial charge is 0.242 e. The molecule has 1 unspecified atom stereocenters. The average Bonchev–Trinajstić information content (AvgIpc) is 2.69. The number of aryl methyl sites for hydroxylation is 2. The van der Waals surface area contributed by atoms with Crippen LogP contribution < -0.4 is 5.32 Å². The molecule has 0 heterocycles. The fraction of sp³-hybridized carbons (Fsp3) is 0.417. The van der Waals surface area contributed by atoms with Crippen LogP contribution in [0.5, 0.6) is 0 Å². The van der Waals surface area contributed by atoms with E-state index in [1.807, 2.05) is 63.2 Å². The highest BCUT2D eigenvalue weighted by molar-refractivity contribution is 6.30. The molecule has 1 N–H and O–H groups in total. The van der Waals surface area contributed by atoms with Gasteiger partial charge in [0, 0.05) is 24.5 Å². The monoisotopic (exact) mass is 414 g/mol. The van der Waals surface area contributed by atoms with E-state index >= 15 is 0 Å². The molecule has 0 aliphatic carbocycles. The van der Waals surface area contributed by atoms with Crippen LogP contribution in [0.15, 0.2) is 48.5 Å². The first-order valence-electron chi connectivity index (χ1n) is 10.1. The SMILES string of the molecule is Cc1ccc(CCC(=O)N(Cc2cccc(Cl)c2)C(C)C(=O)NCC(C)C)cc1. The van der Waals surface area contributed by atoms with Gasteiger partial charge < -0.3 is 10.2 Å². The summed E-state index contributed by atoms with van der Waals surface area (Å²) in [6.45, 7) is 8.85. The molecule has 0 aromatic heterocycles. The van der Waals surface area contributed by atoms with Crippen molar-refractivity contribution in [1.29, 1.82) is 0 Å². The molecule has 0 spiro atoms. The summed E-state index contributed by atoms with van der Waals surface area (Å²) in [6.07, 6.45) is 0.997. The standard InChI is InChI=1S/C24H31ClN2O2/c1-17(2)15-26-24(29)19(4)27(16-21-6-5-7-22(25)14-21)23(28)13-12-20-10-8-18(3)9-11-20/h5-11,14,17,19H,12-13,15-16H2,1-4H3,(H,26,29). The Balaban J connectivity index is 2.12. The average molecular weight is 415 g/mol. The molecule has 1 atom stereocenters. The van der Waals surface area contributed by atoms with Crippen LogP contribution in [-0.2, 0) is 22.6 Å². The minimum Gasteiger partial charge on any atom is -0.354 e. The lowest BCUT2D eigenvalue weighted by molar-refractivity contribution is -0.140. The number of carbonyl (C=O) groups excluding carboxylic acids is 2. The molecule has 5 heteroatoms. The summed E-state index contributed by atoms with van der Waals surface area (Å²) in [7, 11) is 0. The fourth-order valence-corrected chi connectivity index (χ4v) is 3.23. The van der Waals surface area contributed by atoms with Gasteiger partial charge in [-0.2, -0.15) is 0 Å². The Bertz CT molecular complexity index is 818. The molecule has 0 radical (unpaired) electrons. The second kappa shape index (κ2) is 11.0. The van der Waals surface area contributed by atoms with Crippen molar-refractivity contribution in [2.75, 3.05) is 6.54 Å². The maximum absolute atomic E-state index is 13.1. The number of carbonyl (C=O) groups is 2. The Labute approximate surface area is 179 Å². The number of hydrogen-bond acceptors (Lipinski definition) is 2. The largest absolute Gasteiger partial charge is 0.354 e. The predicted octanol–water partition coefficient (Wildman–Crippen LogP) is 4.77. The van der Waals surface area contributed by atoms with Crippen molar-refractivity contribution in [3.05, 3.63) is 70.2 Å². The van der Waals surface area contributed by atoms with Crippen LogP contribution in [0.25, 0.3) is 0 Å². The molecular formula is C24H31ClN2O2. The van der Waals surface area contributed by atoms with Crippen LogP contribution in [0.1, 0.15) is 43.9 Å². The second-order valence-electron chi connectivity index (χ2n) is 7.95. The van der Waals surface area contributed by atoms with Crippen molar-refractivity contribution in [1.82, 2.24) is 10.2 Å². The number of benzene rings is 2. The molecule has 156 valence electrons. The summed E-state index contributed by atoms with van der Waals surface area (Å²) >= 11 is 6.11. The summed E-state index contributed by atoms with van der Waals surface area (Å²) in [5.41, 5.74) is 3.21. The van der Waals surface area contributed by atoms with Crippen LogP contribution in [0.3, 0.4) is 0 Å². The van der Waals surface area contributed by atoms with Gasteiger partial charge in [0.25, 0.3) is 0 Å². The van der Waals surface area contributed by atoms with Crippen LogP contribution in [0.4, 0.5) is 0 Å². The zero-order valence-corrected chi connectivity index (χ0v) is 18.5. The van der Waals surface area contributed by atoms with E-state index in [1.165, 1.54) is 5.56 Å². The Morgan fingerprint density at radius 3 is 2.34 bits per heavy atom. The van der Waals surface area contributed by atoms with Crippen molar-refractivity contribution in [2.45, 2.75) is 53.1 Å². The van der Waals surface area contributed by atoms with Gasteiger partial charge in [0.15, 0.2) is 0 Å². The minimum absolute atomic E-state index is 0.0438. The van der Waals surface area contributed by atoms with Crippen LogP contribution in [0, 0.1) is 12.8 Å². The summed E-state index contributed by atoms with van der Waals surface area (Å²) < 4.78 is 0. The lowest BCUT2D eigenvalue weighted by Crippen LogP contribution is -2.48. The summed E-state index contributed by atoms with van der Waals surface area (Å²) in [5.74, 6) is 0.173. The van der Waals surface area contributed by atoms with E-state index < -0.39 is 6.04 Å². The molecule has 0 saturated heterocycles. The number of halogens is 1. The molecule has 0 bridgehead atoms. The van der Waals surface area contributed by atoms with Gasteiger partial charge in [-0.3, -0.25) is 9.59 Å². The molecule has 0 fully saturated rings. The molecule has 0 saturated carbocycles. The van der Waals surface area contributed by atoms with E-state index in [1.54, 1.807) is 17.9 Å². The van der Waals surface area contributed by atoms with E-state index in [-0.39, 0.29) is 11.8 Å². The molecule has 2 amide bonds. The number of hydrogen-bond donors (Lipinski definition) is 1. The summed E-state index contributed by atoms with van der Waals surface area (Å²) in [4.78, 5) is 27.3. The summed E-state index contributed by atoms with van der Waals surface area (Å²) in [6, 6.07) is 15.0. The number of amides is 2. The van der Waals surface area contributed by atoms with E-state index in [4.69, 9.17) is 11.6 Å². The van der Waals surface area contributed by atoms with Crippen molar-refractivity contribution in [3.8, 4) is 0 Å². The van der Waals surface area contributed by atoms with Crippen LogP contribution in [0.2, 0.25) is 5.02 Å². The molecule has 2 aromatic carbocycles. The first kappa shape index (κ1) is 23.0. The highest BCUT2D eigenvalue weighted by atomic mass is 35.5. The zero-order chi connectivity index (χ0) is 21.4. The van der Waals surface area contributed by atoms with E-state index in [2.05, 4.69) is 5.32 Å². The normalized spacial score (nSPS) is 11.9. The van der Waals surface area contributed by atoms with Crippen molar-refractivity contribution in [2.24, 2.45) is 5.92 Å². The first-order chi connectivity index (χ1) is 13.8. The number of rotatable bonds is 9. The van der Waals surface area contributed by atoms with Gasteiger partial charge in [-0.1, -0.05) is 67.4 Å². The predicted molar refractivity (Wildman–Crippen MR) is 119 cm³/mol. The van der Waals surface area contributed by atoms with Gasteiger partial charge in [0.05, 0.1) is 0 Å². The Hall–Kier alpha value is -2.33. The molecule has 4 nitrogen and oxygen atoms in total. The lowest BCUT2D eigenvalue weighted by Gasteiger charge is -2.29. The summed E-state index contributed by atoms with van der Waals surface area (Å²) in [5, 5.41) is 3.55. The second-order valence-corrected chi connectivity index (χ2v) is 8.39. The number of nitrogens with zero attached hydrogens (tertiary/aromatic N) is 1. The van der Waals surface area contributed by atoms with Crippen molar-refractivity contribution < 1.29 is 9.59 Å². The molecular weight excluding hydrogens is 384 g/mol. The third-order valence-corrected chi connectivity index (χ3v) is 5.08. The molecule has 29 heavy (non-hydrogen) atoms. The van der Waals surface area contributed by atoms with Gasteiger partial charge >= 0.3 is 0 Å². The highest BCUT2D eigenvalue weighted by Crippen LogP contribution is 2.16. The van der Waals surface area contributed by atoms with E-state index in [0.29, 0.717) is 36.9 Å². The fourth-order valence-electron chi connectivity index (χ4n) is 3.02. The van der Waals surface area contributed by atoms with E-state index in [9.17, 15) is 9.59 Å². The zero-order valence-electron chi connectivity index (χ0n) is 17.7. The van der Waals surface area contributed by atoms with Crippen LogP contribution >= 0.6 is 11.6 Å². The van der Waals surface area contributed by atoms with Gasteiger partial charge in [0.1, 0.15) is 6.04 Å². The molecule has 2 rings (SSSR count). The third kappa shape index (κ3) is 7.54. The van der Waals surface area contributed by atoms with Gasteiger partial charge in [-0.15, -0.1) is 0 Å². The Morgan fingerprint density at radius 1 is 1.03 bits per heavy atom. The van der Waals surface area contributed by atoms with Crippen molar-refractivity contribution >= 4 is 23.4 Å². The third-order valence-electron chi connectivity index (χ3n) is 4.84. The van der Waals surface area contributed by atoms with Crippen molar-refractivity contribution in [3.63, 3.8) is 0 Å². The lowest BCUT2D eigenvalue weighted by atomic mass is 10.1. The van der Waals surface area contributed by atoms with Gasteiger partial charge in [-0.25, -0.2) is 0 Å². The molecule has 0 aliphatic heterocycles. The Kier molecular flexibility index (Phi) is 8.71. The molecule has 2 aromatic rings. The molecule has 0 aliphatic rings. The number of nitrogens with one attached hydrogen (secondary N) is 1. The highest BCUT2D eigenvalue weighted by Gasteiger charge is 2.26. The quantitative estimate of drug-likeness (QED) is 0.642. The first-order valence-corrected chi connectivity index (χ1v) is 10.5. The van der Waals surface area contributed by atoms with Crippen LogP contribution in [-0.4, -0.2) is 29.3 Å². The van der Waals surface area contributed by atoms with Gasteiger partial charge in [-0.05, 0) is 49.4 Å². The topological polar surface area (TPSA) is 49.4 Å².